The molecule has 0 radical (unpaired) electrons. The Morgan fingerprint density at radius 2 is 1.72 bits per heavy atom. The number of hydrogen-bond donors (Lipinski definition) is 1. The zero-order valence-electron chi connectivity index (χ0n) is 15.6. The summed E-state index contributed by atoms with van der Waals surface area (Å²) in [5.41, 5.74) is 4.42. The van der Waals surface area contributed by atoms with Gasteiger partial charge in [-0.1, -0.05) is 59.6 Å². The number of fused-ring (bicyclic) bond motifs is 1. The van der Waals surface area contributed by atoms with Gasteiger partial charge in [-0.05, 0) is 52.9 Å². The van der Waals surface area contributed by atoms with Crippen molar-refractivity contribution in [3.63, 3.8) is 0 Å². The Labute approximate surface area is 179 Å². The molecule has 3 aromatic carbocycles. The lowest BCUT2D eigenvalue weighted by molar-refractivity contribution is 0.0919. The van der Waals surface area contributed by atoms with Gasteiger partial charge in [0.1, 0.15) is 12.4 Å². The molecule has 29 heavy (non-hydrogen) atoms. The summed E-state index contributed by atoms with van der Waals surface area (Å²) >= 11 is 12.8. The zero-order chi connectivity index (χ0) is 20.4. The number of ether oxygens (including phenoxy) is 1. The fourth-order valence-corrected chi connectivity index (χ4v) is 4.06. The molecule has 0 aliphatic carbocycles. The first-order chi connectivity index (χ1) is 14.0. The van der Waals surface area contributed by atoms with Crippen molar-refractivity contribution in [3.05, 3.63) is 87.4 Å². The van der Waals surface area contributed by atoms with E-state index < -0.39 is 0 Å². The molecular weight excluding hydrogens is 409 g/mol. The molecule has 0 saturated carbocycles. The highest BCUT2D eigenvalue weighted by Gasteiger charge is 2.26. The molecular formula is C23H19Cl2NO3. The van der Waals surface area contributed by atoms with E-state index in [2.05, 4.69) is 0 Å². The molecule has 0 spiro atoms. The minimum Gasteiger partial charge on any atom is -0.508 e. The fraction of sp³-hybridized carbons (Fsp3) is 0.174. The van der Waals surface area contributed by atoms with Crippen LogP contribution in [0.1, 0.15) is 16.7 Å². The highest BCUT2D eigenvalue weighted by atomic mass is 35.5. The largest absolute Gasteiger partial charge is 0.508 e. The molecule has 3 aromatic rings. The summed E-state index contributed by atoms with van der Waals surface area (Å²) in [5.74, 6) is 0.128. The summed E-state index contributed by atoms with van der Waals surface area (Å²) in [5, 5.41) is 11.1. The average Bonchev–Trinajstić information content (AvgIpc) is 2.75. The Kier molecular flexibility index (Phi) is 5.65. The van der Waals surface area contributed by atoms with Gasteiger partial charge in [-0.2, -0.15) is 0 Å². The smallest absolute Gasteiger partial charge is 0.410 e. The minimum absolute atomic E-state index is 0.128. The van der Waals surface area contributed by atoms with Gasteiger partial charge in [0.2, 0.25) is 0 Å². The summed E-state index contributed by atoms with van der Waals surface area (Å²) in [6.45, 7) is 1.12. The van der Waals surface area contributed by atoms with E-state index in [0.29, 0.717) is 35.1 Å². The number of phenols is 1. The summed E-state index contributed by atoms with van der Waals surface area (Å²) in [6, 6.07) is 18.1. The van der Waals surface area contributed by atoms with Crippen LogP contribution in [-0.2, 0) is 24.3 Å². The van der Waals surface area contributed by atoms with Crippen LogP contribution in [0.15, 0.2) is 60.7 Å². The second kappa shape index (κ2) is 8.36. The summed E-state index contributed by atoms with van der Waals surface area (Å²) in [7, 11) is 0. The number of nitrogens with zero attached hydrogens (tertiary/aromatic N) is 1. The average molecular weight is 428 g/mol. The second-order valence-electron chi connectivity index (χ2n) is 6.93. The van der Waals surface area contributed by atoms with E-state index in [4.69, 9.17) is 27.9 Å². The van der Waals surface area contributed by atoms with Gasteiger partial charge in [0, 0.05) is 28.7 Å². The normalized spacial score (nSPS) is 13.1. The number of carbonyl (C=O) groups is 1. The third kappa shape index (κ3) is 4.19. The fourth-order valence-electron chi connectivity index (χ4n) is 3.57. The summed E-state index contributed by atoms with van der Waals surface area (Å²) in [4.78, 5) is 14.3. The molecule has 1 aliphatic rings. The van der Waals surface area contributed by atoms with Crippen LogP contribution in [0.25, 0.3) is 11.1 Å². The van der Waals surface area contributed by atoms with Crippen molar-refractivity contribution in [3.8, 4) is 16.9 Å². The molecule has 1 heterocycles. The van der Waals surface area contributed by atoms with E-state index in [1.54, 1.807) is 23.1 Å². The molecule has 0 atom stereocenters. The predicted octanol–water partition coefficient (Wildman–Crippen LogP) is 6.06. The van der Waals surface area contributed by atoms with Crippen LogP contribution in [-0.4, -0.2) is 22.6 Å². The topological polar surface area (TPSA) is 49.8 Å². The molecule has 0 bridgehead atoms. The maximum Gasteiger partial charge on any atom is 0.410 e. The van der Waals surface area contributed by atoms with E-state index in [0.717, 1.165) is 22.3 Å². The van der Waals surface area contributed by atoms with Gasteiger partial charge < -0.3 is 14.7 Å². The van der Waals surface area contributed by atoms with Crippen LogP contribution >= 0.6 is 23.2 Å². The lowest BCUT2D eigenvalue weighted by Gasteiger charge is -2.30. The van der Waals surface area contributed by atoms with E-state index in [1.807, 2.05) is 42.5 Å². The van der Waals surface area contributed by atoms with Gasteiger partial charge in [0.15, 0.2) is 0 Å². The molecule has 0 fully saturated rings. The van der Waals surface area contributed by atoms with Crippen molar-refractivity contribution in [2.45, 2.75) is 19.6 Å². The molecule has 1 N–H and O–H groups in total. The first-order valence-electron chi connectivity index (χ1n) is 9.27. The van der Waals surface area contributed by atoms with Crippen LogP contribution in [0.2, 0.25) is 10.0 Å². The zero-order valence-corrected chi connectivity index (χ0v) is 17.1. The molecule has 0 saturated heterocycles. The highest BCUT2D eigenvalue weighted by molar-refractivity contribution is 6.34. The number of benzene rings is 3. The molecule has 1 amide bonds. The predicted molar refractivity (Wildman–Crippen MR) is 114 cm³/mol. The van der Waals surface area contributed by atoms with E-state index in [-0.39, 0.29) is 18.4 Å². The summed E-state index contributed by atoms with van der Waals surface area (Å²) in [6.07, 6.45) is 0.256. The Balaban J connectivity index is 1.60. The standard InChI is InChI=1S/C23H19Cl2NO3/c24-21-9-7-17(19-12-16(27)6-8-22(19)25)20-13-26(11-10-18(20)21)23(28)29-14-15-4-2-1-3-5-15/h1-9,12,27H,10-11,13-14H2. The summed E-state index contributed by atoms with van der Waals surface area (Å²) < 4.78 is 5.49. The third-order valence-corrected chi connectivity index (χ3v) is 5.74. The monoisotopic (exact) mass is 427 g/mol. The molecule has 148 valence electrons. The number of amides is 1. The van der Waals surface area contributed by atoms with Gasteiger partial charge in [0.05, 0.1) is 0 Å². The van der Waals surface area contributed by atoms with Crippen LogP contribution < -0.4 is 0 Å². The Bertz CT molecular complexity index is 1050. The van der Waals surface area contributed by atoms with Crippen molar-refractivity contribution in [2.75, 3.05) is 6.54 Å². The number of carbonyl (C=O) groups excluding carboxylic acids is 1. The number of hydrogen-bond acceptors (Lipinski definition) is 3. The van der Waals surface area contributed by atoms with Gasteiger partial charge in [-0.25, -0.2) is 4.79 Å². The number of halogens is 2. The lowest BCUT2D eigenvalue weighted by Crippen LogP contribution is -2.36. The molecule has 1 aliphatic heterocycles. The lowest BCUT2D eigenvalue weighted by atomic mass is 9.91. The van der Waals surface area contributed by atoms with Crippen molar-refractivity contribution >= 4 is 29.3 Å². The molecule has 6 heteroatoms. The molecule has 0 unspecified atom stereocenters. The number of phenolic OH excluding ortho intramolecular Hbond substituents is 1. The Hall–Kier alpha value is -2.69. The van der Waals surface area contributed by atoms with Crippen LogP contribution in [0, 0.1) is 0 Å². The number of aromatic hydroxyl groups is 1. The minimum atomic E-state index is -0.368. The van der Waals surface area contributed by atoms with Gasteiger partial charge >= 0.3 is 6.09 Å². The first kappa shape index (κ1) is 19.6. The van der Waals surface area contributed by atoms with Crippen molar-refractivity contribution in [2.24, 2.45) is 0 Å². The maximum atomic E-state index is 12.6. The van der Waals surface area contributed by atoms with Crippen molar-refractivity contribution in [1.82, 2.24) is 4.90 Å². The van der Waals surface area contributed by atoms with Crippen LogP contribution in [0.5, 0.6) is 5.75 Å². The molecule has 4 nitrogen and oxygen atoms in total. The maximum absolute atomic E-state index is 12.6. The third-order valence-electron chi connectivity index (χ3n) is 5.06. The Morgan fingerprint density at radius 3 is 2.52 bits per heavy atom. The molecule has 4 rings (SSSR count). The van der Waals surface area contributed by atoms with Crippen LogP contribution in [0.4, 0.5) is 4.79 Å². The SMILES string of the molecule is O=C(OCc1ccccc1)N1CCc2c(Cl)ccc(-c3cc(O)ccc3Cl)c2C1. The van der Waals surface area contributed by atoms with Gasteiger partial charge in [-0.3, -0.25) is 0 Å². The quantitative estimate of drug-likeness (QED) is 0.552. The highest BCUT2D eigenvalue weighted by Crippen LogP contribution is 2.39. The molecule has 0 aromatic heterocycles. The van der Waals surface area contributed by atoms with Crippen LogP contribution in [0.3, 0.4) is 0 Å². The Morgan fingerprint density at radius 1 is 0.966 bits per heavy atom. The number of rotatable bonds is 3. The van der Waals surface area contributed by atoms with Crippen molar-refractivity contribution < 1.29 is 14.6 Å². The van der Waals surface area contributed by atoms with Crippen molar-refractivity contribution in [1.29, 1.82) is 0 Å². The second-order valence-corrected chi connectivity index (χ2v) is 7.74. The van der Waals surface area contributed by atoms with E-state index >= 15 is 0 Å². The van der Waals surface area contributed by atoms with E-state index in [9.17, 15) is 9.90 Å². The van der Waals surface area contributed by atoms with Gasteiger partial charge in [0.25, 0.3) is 0 Å². The first-order valence-corrected chi connectivity index (χ1v) is 10.0. The van der Waals surface area contributed by atoms with Gasteiger partial charge in [-0.15, -0.1) is 0 Å². The van der Waals surface area contributed by atoms with E-state index in [1.165, 1.54) is 0 Å².